The number of hydrogen-bond donors (Lipinski definition) is 1. The van der Waals surface area contributed by atoms with Crippen molar-refractivity contribution in [3.63, 3.8) is 0 Å². The Bertz CT molecular complexity index is 283. The summed E-state index contributed by atoms with van der Waals surface area (Å²) in [5, 5.41) is 3.66. The third-order valence-electron chi connectivity index (χ3n) is 3.56. The minimum absolute atomic E-state index is 0.0943. The minimum atomic E-state index is -0.372. The Kier molecular flexibility index (Phi) is 7.96. The maximum atomic E-state index is 11.7. The van der Waals surface area contributed by atoms with Crippen LogP contribution < -0.4 is 5.32 Å². The van der Waals surface area contributed by atoms with Gasteiger partial charge >= 0.3 is 5.97 Å². The average Bonchev–Trinajstić information content (AvgIpc) is 2.84. The molecule has 1 aliphatic carbocycles. The van der Waals surface area contributed by atoms with Gasteiger partial charge in [0.05, 0.1) is 5.75 Å². The zero-order valence-corrected chi connectivity index (χ0v) is 14.4. The molecule has 0 heterocycles. The molecule has 0 radical (unpaired) electrons. The van der Waals surface area contributed by atoms with Crippen LogP contribution in [0.5, 0.6) is 0 Å². The lowest BCUT2D eigenvalue weighted by Crippen LogP contribution is -2.38. The van der Waals surface area contributed by atoms with Gasteiger partial charge in [0.15, 0.2) is 0 Å². The number of nitrogens with one attached hydrogen (secondary N) is 1. The summed E-state index contributed by atoms with van der Waals surface area (Å²) in [6.07, 6.45) is 6.58. The first kappa shape index (κ1) is 17.8. The number of rotatable bonds is 8. The molecule has 1 N–H and O–H groups in total. The molecular weight excluding hydrogens is 270 g/mol. The van der Waals surface area contributed by atoms with Crippen molar-refractivity contribution in [2.75, 3.05) is 18.1 Å². The monoisotopic (exact) mass is 301 g/mol. The molecule has 0 aliphatic heterocycles. The third-order valence-corrected chi connectivity index (χ3v) is 4.60. The van der Waals surface area contributed by atoms with Crippen LogP contribution in [0.15, 0.2) is 0 Å². The molecule has 1 rings (SSSR count). The van der Waals surface area contributed by atoms with Crippen molar-refractivity contribution in [2.24, 2.45) is 5.92 Å². The van der Waals surface area contributed by atoms with Crippen molar-refractivity contribution in [1.82, 2.24) is 5.32 Å². The summed E-state index contributed by atoms with van der Waals surface area (Å²) in [6, 6.07) is 0.560. The van der Waals surface area contributed by atoms with E-state index in [1.807, 2.05) is 20.8 Å². The van der Waals surface area contributed by atoms with Crippen LogP contribution in [0.25, 0.3) is 0 Å². The van der Waals surface area contributed by atoms with Crippen molar-refractivity contribution in [2.45, 2.75) is 71.4 Å². The average molecular weight is 301 g/mol. The van der Waals surface area contributed by atoms with Gasteiger partial charge in [0.2, 0.25) is 0 Å². The fraction of sp³-hybridized carbons (Fsp3) is 0.938. The first-order valence-corrected chi connectivity index (χ1v) is 9.11. The molecular formula is C16H31NO2S. The highest BCUT2D eigenvalue weighted by atomic mass is 32.2. The number of carbonyl (C=O) groups is 1. The first-order valence-electron chi connectivity index (χ1n) is 7.95. The third kappa shape index (κ3) is 7.53. The van der Waals surface area contributed by atoms with Gasteiger partial charge in [-0.15, -0.1) is 11.8 Å². The molecule has 0 aromatic carbocycles. The first-order chi connectivity index (χ1) is 9.42. The molecule has 0 bridgehead atoms. The molecule has 0 aromatic heterocycles. The Labute approximate surface area is 128 Å². The van der Waals surface area contributed by atoms with Gasteiger partial charge in [0.1, 0.15) is 5.60 Å². The van der Waals surface area contributed by atoms with Gasteiger partial charge in [0.25, 0.3) is 0 Å². The summed E-state index contributed by atoms with van der Waals surface area (Å²) in [5.41, 5.74) is -0.372. The molecule has 1 atom stereocenters. The molecule has 1 fully saturated rings. The topological polar surface area (TPSA) is 38.3 Å². The molecule has 3 nitrogen and oxygen atoms in total. The van der Waals surface area contributed by atoms with Gasteiger partial charge < -0.3 is 10.1 Å². The molecule has 4 heteroatoms. The van der Waals surface area contributed by atoms with E-state index in [0.29, 0.717) is 11.8 Å². The Hall–Kier alpha value is -0.220. The number of thioether (sulfide) groups is 1. The molecule has 0 amide bonds. The van der Waals surface area contributed by atoms with E-state index >= 15 is 0 Å². The standard InChI is InChI=1S/C16H31NO2S/c1-5-10-17-14(13-8-6-7-9-13)11-20-12-15(18)19-16(2,3)4/h13-14,17H,5-12H2,1-4H3. The second-order valence-electron chi connectivity index (χ2n) is 6.71. The van der Waals surface area contributed by atoms with E-state index < -0.39 is 0 Å². The Balaban J connectivity index is 2.28. The van der Waals surface area contributed by atoms with E-state index in [4.69, 9.17) is 4.74 Å². The highest BCUT2D eigenvalue weighted by Crippen LogP contribution is 2.29. The molecule has 1 unspecified atom stereocenters. The largest absolute Gasteiger partial charge is 0.459 e. The summed E-state index contributed by atoms with van der Waals surface area (Å²) >= 11 is 1.71. The van der Waals surface area contributed by atoms with Crippen molar-refractivity contribution in [3.8, 4) is 0 Å². The summed E-state index contributed by atoms with van der Waals surface area (Å²) < 4.78 is 5.35. The molecule has 0 spiro atoms. The number of esters is 1. The van der Waals surface area contributed by atoms with Crippen LogP contribution in [0, 0.1) is 5.92 Å². The predicted octanol–water partition coefficient (Wildman–Crippen LogP) is 3.62. The molecule has 0 saturated heterocycles. The Morgan fingerprint density at radius 1 is 1.35 bits per heavy atom. The number of carbonyl (C=O) groups excluding carboxylic acids is 1. The maximum absolute atomic E-state index is 11.7. The number of ether oxygens (including phenoxy) is 1. The molecule has 20 heavy (non-hydrogen) atoms. The SMILES string of the molecule is CCCNC(CSCC(=O)OC(C)(C)C)C1CCCC1. The fourth-order valence-electron chi connectivity index (χ4n) is 2.69. The summed E-state index contributed by atoms with van der Waals surface area (Å²) in [5.74, 6) is 2.19. The van der Waals surface area contributed by atoms with Crippen LogP contribution in [0.4, 0.5) is 0 Å². The van der Waals surface area contributed by atoms with Crippen molar-refractivity contribution >= 4 is 17.7 Å². The molecule has 1 saturated carbocycles. The van der Waals surface area contributed by atoms with Gasteiger partial charge in [-0.3, -0.25) is 4.79 Å². The van der Waals surface area contributed by atoms with Crippen LogP contribution in [0.3, 0.4) is 0 Å². The predicted molar refractivity (Wildman–Crippen MR) is 87.2 cm³/mol. The smallest absolute Gasteiger partial charge is 0.316 e. The molecule has 118 valence electrons. The van der Waals surface area contributed by atoms with Crippen molar-refractivity contribution in [1.29, 1.82) is 0 Å². The van der Waals surface area contributed by atoms with E-state index in [0.717, 1.165) is 18.2 Å². The maximum Gasteiger partial charge on any atom is 0.316 e. The lowest BCUT2D eigenvalue weighted by atomic mass is 10.00. The van der Waals surface area contributed by atoms with Gasteiger partial charge in [0, 0.05) is 11.8 Å². The van der Waals surface area contributed by atoms with Crippen molar-refractivity contribution in [3.05, 3.63) is 0 Å². The second kappa shape index (κ2) is 8.93. The van der Waals surface area contributed by atoms with Gasteiger partial charge in [-0.25, -0.2) is 0 Å². The van der Waals surface area contributed by atoms with Crippen LogP contribution in [-0.4, -0.2) is 35.7 Å². The van der Waals surface area contributed by atoms with Gasteiger partial charge in [-0.2, -0.15) is 0 Å². The highest BCUT2D eigenvalue weighted by Gasteiger charge is 2.25. The van der Waals surface area contributed by atoms with Crippen LogP contribution in [-0.2, 0) is 9.53 Å². The summed E-state index contributed by atoms with van der Waals surface area (Å²) in [7, 11) is 0. The van der Waals surface area contributed by atoms with Crippen LogP contribution in [0.2, 0.25) is 0 Å². The summed E-state index contributed by atoms with van der Waals surface area (Å²) in [6.45, 7) is 9.03. The quantitative estimate of drug-likeness (QED) is 0.695. The summed E-state index contributed by atoms with van der Waals surface area (Å²) in [4.78, 5) is 11.7. The lowest BCUT2D eigenvalue weighted by Gasteiger charge is -2.25. The van der Waals surface area contributed by atoms with E-state index in [9.17, 15) is 4.79 Å². The fourth-order valence-corrected chi connectivity index (χ4v) is 3.68. The van der Waals surface area contributed by atoms with Crippen molar-refractivity contribution < 1.29 is 9.53 Å². The second-order valence-corrected chi connectivity index (χ2v) is 7.74. The van der Waals surface area contributed by atoms with E-state index in [-0.39, 0.29) is 11.6 Å². The minimum Gasteiger partial charge on any atom is -0.459 e. The van der Waals surface area contributed by atoms with Gasteiger partial charge in [-0.1, -0.05) is 19.8 Å². The zero-order valence-electron chi connectivity index (χ0n) is 13.5. The van der Waals surface area contributed by atoms with Crippen LogP contribution >= 0.6 is 11.8 Å². The molecule has 1 aliphatic rings. The van der Waals surface area contributed by atoms with E-state index in [2.05, 4.69) is 12.2 Å². The normalized spacial score (nSPS) is 18.2. The van der Waals surface area contributed by atoms with Crippen LogP contribution in [0.1, 0.15) is 59.8 Å². The van der Waals surface area contributed by atoms with E-state index in [1.54, 1.807) is 11.8 Å². The molecule has 0 aromatic rings. The number of hydrogen-bond acceptors (Lipinski definition) is 4. The van der Waals surface area contributed by atoms with E-state index in [1.165, 1.54) is 32.1 Å². The lowest BCUT2D eigenvalue weighted by molar-refractivity contribution is -0.151. The van der Waals surface area contributed by atoms with Gasteiger partial charge in [-0.05, 0) is 52.5 Å². The Morgan fingerprint density at radius 3 is 2.55 bits per heavy atom. The Morgan fingerprint density at radius 2 is 2.00 bits per heavy atom. The zero-order chi connectivity index (χ0) is 15.0. The highest BCUT2D eigenvalue weighted by molar-refractivity contribution is 7.99.